The first kappa shape index (κ1) is 11.3. The minimum atomic E-state index is 0.279. The van der Waals surface area contributed by atoms with Crippen LogP contribution in [0, 0.1) is 0 Å². The zero-order valence-electron chi connectivity index (χ0n) is 7.90. The maximum atomic E-state index is 6.04. The third-order valence-corrected chi connectivity index (χ3v) is 3.10. The van der Waals surface area contributed by atoms with Crippen LogP contribution in [0.3, 0.4) is 0 Å². The lowest BCUT2D eigenvalue weighted by atomic mass is 10.2. The van der Waals surface area contributed by atoms with Crippen LogP contribution >= 0.6 is 34.8 Å². The van der Waals surface area contributed by atoms with Crippen molar-refractivity contribution in [2.24, 2.45) is 0 Å². The van der Waals surface area contributed by atoms with E-state index in [-0.39, 0.29) is 6.04 Å². The molecule has 1 aromatic carbocycles. The number of rotatable bonds is 2. The maximum Gasteiger partial charge on any atom is 0.0722 e. The average Bonchev–Trinajstić information content (AvgIpc) is 2.63. The molecule has 0 radical (unpaired) electrons. The molecule has 5 heteroatoms. The third kappa shape index (κ3) is 2.70. The molecule has 1 atom stereocenters. The van der Waals surface area contributed by atoms with Gasteiger partial charge in [0.05, 0.1) is 28.4 Å². The summed E-state index contributed by atoms with van der Waals surface area (Å²) in [5, 5.41) is 4.88. The molecule has 1 aliphatic rings. The molecule has 1 heterocycles. The molecule has 1 aliphatic heterocycles. The highest BCUT2D eigenvalue weighted by molar-refractivity contribution is 6.41. The van der Waals surface area contributed by atoms with Gasteiger partial charge in [-0.2, -0.15) is 0 Å². The first-order chi connectivity index (χ1) is 7.16. The molecule has 1 saturated heterocycles. The van der Waals surface area contributed by atoms with Gasteiger partial charge in [0, 0.05) is 11.6 Å². The zero-order valence-corrected chi connectivity index (χ0v) is 10.2. The van der Waals surface area contributed by atoms with Gasteiger partial charge in [0.15, 0.2) is 0 Å². The summed E-state index contributed by atoms with van der Waals surface area (Å²) in [6, 6.07) is 3.63. The highest BCUT2D eigenvalue weighted by Gasteiger charge is 2.18. The summed E-state index contributed by atoms with van der Waals surface area (Å²) in [4.78, 5) is 0. The Balaban J connectivity index is 2.19. The molecule has 0 saturated carbocycles. The summed E-state index contributed by atoms with van der Waals surface area (Å²) in [5.41, 5.74) is 0.734. The van der Waals surface area contributed by atoms with Crippen LogP contribution < -0.4 is 5.32 Å². The van der Waals surface area contributed by atoms with E-state index in [2.05, 4.69) is 5.32 Å². The Bertz CT molecular complexity index is 341. The molecule has 1 fully saturated rings. The molecule has 0 aliphatic carbocycles. The van der Waals surface area contributed by atoms with Gasteiger partial charge in [-0.15, -0.1) is 0 Å². The standard InChI is InChI=1S/C10H10Cl3NO/c11-6-3-8(12)10(9(13)4-6)14-7-1-2-15-5-7/h3-4,7,14H,1-2,5H2. The van der Waals surface area contributed by atoms with Gasteiger partial charge < -0.3 is 10.1 Å². The van der Waals surface area contributed by atoms with Gasteiger partial charge in [-0.1, -0.05) is 34.8 Å². The predicted molar refractivity (Wildman–Crippen MR) is 64.3 cm³/mol. The fourth-order valence-electron chi connectivity index (χ4n) is 1.53. The number of ether oxygens (including phenoxy) is 1. The topological polar surface area (TPSA) is 21.3 Å². The van der Waals surface area contributed by atoms with E-state index in [1.54, 1.807) is 12.1 Å². The molecular weight excluding hydrogens is 256 g/mol. The van der Waals surface area contributed by atoms with Crippen molar-refractivity contribution in [1.29, 1.82) is 0 Å². The minimum absolute atomic E-state index is 0.279. The van der Waals surface area contributed by atoms with E-state index in [1.807, 2.05) is 0 Å². The molecule has 1 aromatic rings. The van der Waals surface area contributed by atoms with E-state index >= 15 is 0 Å². The largest absolute Gasteiger partial charge is 0.379 e. The van der Waals surface area contributed by atoms with Crippen molar-refractivity contribution in [3.05, 3.63) is 27.2 Å². The van der Waals surface area contributed by atoms with Crippen molar-refractivity contribution < 1.29 is 4.74 Å². The van der Waals surface area contributed by atoms with Gasteiger partial charge in [0.25, 0.3) is 0 Å². The first-order valence-electron chi connectivity index (χ1n) is 4.65. The number of hydrogen-bond donors (Lipinski definition) is 1. The summed E-state index contributed by atoms with van der Waals surface area (Å²) < 4.78 is 5.26. The van der Waals surface area contributed by atoms with Crippen LogP contribution in [0.2, 0.25) is 15.1 Å². The summed E-state index contributed by atoms with van der Waals surface area (Å²) in [6.07, 6.45) is 0.968. The Labute approximate surface area is 103 Å². The number of halogens is 3. The quantitative estimate of drug-likeness (QED) is 0.878. The van der Waals surface area contributed by atoms with E-state index in [0.29, 0.717) is 21.7 Å². The van der Waals surface area contributed by atoms with Crippen molar-refractivity contribution >= 4 is 40.5 Å². The van der Waals surface area contributed by atoms with Crippen molar-refractivity contribution in [3.8, 4) is 0 Å². The van der Waals surface area contributed by atoms with Crippen LogP contribution in [0.1, 0.15) is 6.42 Å². The zero-order chi connectivity index (χ0) is 10.8. The maximum absolute atomic E-state index is 6.04. The first-order valence-corrected chi connectivity index (χ1v) is 5.79. The highest BCUT2D eigenvalue weighted by Crippen LogP contribution is 2.34. The number of benzene rings is 1. The molecule has 82 valence electrons. The van der Waals surface area contributed by atoms with Crippen molar-refractivity contribution in [2.75, 3.05) is 18.5 Å². The van der Waals surface area contributed by atoms with Crippen LogP contribution in [0.4, 0.5) is 5.69 Å². The molecule has 1 N–H and O–H groups in total. The van der Waals surface area contributed by atoms with Gasteiger partial charge >= 0.3 is 0 Å². The molecule has 0 bridgehead atoms. The van der Waals surface area contributed by atoms with Gasteiger partial charge in [-0.25, -0.2) is 0 Å². The summed E-state index contributed by atoms with van der Waals surface area (Å²) in [5.74, 6) is 0. The summed E-state index contributed by atoms with van der Waals surface area (Å²) in [6.45, 7) is 1.47. The number of nitrogens with one attached hydrogen (secondary N) is 1. The van der Waals surface area contributed by atoms with Crippen LogP contribution in [-0.2, 0) is 4.74 Å². The summed E-state index contributed by atoms with van der Waals surface area (Å²) >= 11 is 17.9. The Morgan fingerprint density at radius 2 is 1.87 bits per heavy atom. The molecule has 15 heavy (non-hydrogen) atoms. The van der Waals surface area contributed by atoms with Crippen LogP contribution in [0.5, 0.6) is 0 Å². The monoisotopic (exact) mass is 265 g/mol. The van der Waals surface area contributed by atoms with Crippen LogP contribution in [0.25, 0.3) is 0 Å². The fraction of sp³-hybridized carbons (Fsp3) is 0.400. The van der Waals surface area contributed by atoms with E-state index in [4.69, 9.17) is 39.5 Å². The molecule has 0 spiro atoms. The van der Waals surface area contributed by atoms with E-state index in [0.717, 1.165) is 18.7 Å². The normalized spacial score (nSPS) is 20.6. The highest BCUT2D eigenvalue weighted by atomic mass is 35.5. The second-order valence-electron chi connectivity index (χ2n) is 3.45. The summed E-state index contributed by atoms with van der Waals surface area (Å²) in [7, 11) is 0. The molecule has 2 rings (SSSR count). The Morgan fingerprint density at radius 1 is 1.20 bits per heavy atom. The molecule has 0 amide bonds. The number of hydrogen-bond acceptors (Lipinski definition) is 2. The SMILES string of the molecule is Clc1cc(Cl)c(NC2CCOC2)c(Cl)c1. The second kappa shape index (κ2) is 4.79. The van der Waals surface area contributed by atoms with Gasteiger partial charge in [-0.05, 0) is 18.6 Å². The lowest BCUT2D eigenvalue weighted by Gasteiger charge is -2.15. The van der Waals surface area contributed by atoms with Gasteiger partial charge in [-0.3, -0.25) is 0 Å². The smallest absolute Gasteiger partial charge is 0.0722 e. The lowest BCUT2D eigenvalue weighted by molar-refractivity contribution is 0.195. The molecular formula is C10H10Cl3NO. The lowest BCUT2D eigenvalue weighted by Crippen LogP contribution is -2.19. The van der Waals surface area contributed by atoms with Crippen molar-refractivity contribution in [2.45, 2.75) is 12.5 Å². The van der Waals surface area contributed by atoms with E-state index in [9.17, 15) is 0 Å². The molecule has 1 unspecified atom stereocenters. The predicted octanol–water partition coefficient (Wildman–Crippen LogP) is 3.85. The third-order valence-electron chi connectivity index (χ3n) is 2.29. The Hall–Kier alpha value is -0.150. The van der Waals surface area contributed by atoms with Crippen LogP contribution in [0.15, 0.2) is 12.1 Å². The van der Waals surface area contributed by atoms with Gasteiger partial charge in [0.2, 0.25) is 0 Å². The van der Waals surface area contributed by atoms with Crippen molar-refractivity contribution in [3.63, 3.8) is 0 Å². The van der Waals surface area contributed by atoms with E-state index < -0.39 is 0 Å². The molecule has 0 aromatic heterocycles. The van der Waals surface area contributed by atoms with Crippen molar-refractivity contribution in [1.82, 2.24) is 0 Å². The second-order valence-corrected chi connectivity index (χ2v) is 4.70. The Kier molecular flexibility index (Phi) is 3.62. The fourth-order valence-corrected chi connectivity index (χ4v) is 2.46. The van der Waals surface area contributed by atoms with E-state index in [1.165, 1.54) is 0 Å². The minimum Gasteiger partial charge on any atom is -0.379 e. The average molecular weight is 267 g/mol. The Morgan fingerprint density at radius 3 is 2.40 bits per heavy atom. The van der Waals surface area contributed by atoms with Gasteiger partial charge in [0.1, 0.15) is 0 Å². The number of anilines is 1. The molecule has 2 nitrogen and oxygen atoms in total. The van der Waals surface area contributed by atoms with Crippen LogP contribution in [-0.4, -0.2) is 19.3 Å².